The van der Waals surface area contributed by atoms with Gasteiger partial charge in [-0.1, -0.05) is 29.4 Å². The van der Waals surface area contributed by atoms with E-state index in [1.54, 1.807) is 38.5 Å². The van der Waals surface area contributed by atoms with Crippen molar-refractivity contribution in [1.82, 2.24) is 10.3 Å². The SMILES string of the molecule is COc1ccc(CNC(=O)CSc2nc3ccc(Cl)cc3o2)cc1OC. The van der Waals surface area contributed by atoms with E-state index in [9.17, 15) is 4.79 Å². The molecule has 0 aliphatic heterocycles. The quantitative estimate of drug-likeness (QED) is 0.614. The Bertz CT molecular complexity index is 929. The van der Waals surface area contributed by atoms with Gasteiger partial charge in [-0.2, -0.15) is 0 Å². The topological polar surface area (TPSA) is 73.6 Å². The van der Waals surface area contributed by atoms with Crippen molar-refractivity contribution in [3.05, 3.63) is 47.0 Å². The van der Waals surface area contributed by atoms with Crippen molar-refractivity contribution in [2.45, 2.75) is 11.8 Å². The highest BCUT2D eigenvalue weighted by molar-refractivity contribution is 7.99. The molecule has 2 aromatic carbocycles. The highest BCUT2D eigenvalue weighted by atomic mass is 35.5. The molecule has 0 fully saturated rings. The fraction of sp³-hybridized carbons (Fsp3) is 0.222. The van der Waals surface area contributed by atoms with Gasteiger partial charge < -0.3 is 19.2 Å². The summed E-state index contributed by atoms with van der Waals surface area (Å²) in [6, 6.07) is 10.7. The average Bonchev–Trinajstić information content (AvgIpc) is 3.06. The summed E-state index contributed by atoms with van der Waals surface area (Å²) in [4.78, 5) is 16.4. The van der Waals surface area contributed by atoms with Crippen LogP contribution in [0, 0.1) is 0 Å². The summed E-state index contributed by atoms with van der Waals surface area (Å²) in [7, 11) is 3.15. The second-order valence-electron chi connectivity index (χ2n) is 5.35. The lowest BCUT2D eigenvalue weighted by atomic mass is 10.2. The van der Waals surface area contributed by atoms with Crippen molar-refractivity contribution in [2.24, 2.45) is 0 Å². The molecule has 0 aliphatic carbocycles. The molecule has 3 aromatic rings. The molecule has 1 heterocycles. The van der Waals surface area contributed by atoms with Gasteiger partial charge >= 0.3 is 0 Å². The molecule has 3 rings (SSSR count). The van der Waals surface area contributed by atoms with Crippen LogP contribution in [0.4, 0.5) is 0 Å². The van der Waals surface area contributed by atoms with Crippen LogP contribution >= 0.6 is 23.4 Å². The molecule has 1 aromatic heterocycles. The van der Waals surface area contributed by atoms with Crippen LogP contribution in [0.2, 0.25) is 5.02 Å². The smallest absolute Gasteiger partial charge is 0.257 e. The van der Waals surface area contributed by atoms with Crippen LogP contribution in [-0.4, -0.2) is 30.9 Å². The van der Waals surface area contributed by atoms with Crippen molar-refractivity contribution in [2.75, 3.05) is 20.0 Å². The fourth-order valence-corrected chi connectivity index (χ4v) is 3.14. The van der Waals surface area contributed by atoms with Gasteiger partial charge in [0.05, 0.1) is 20.0 Å². The molecule has 0 bridgehead atoms. The van der Waals surface area contributed by atoms with E-state index in [0.29, 0.717) is 39.4 Å². The van der Waals surface area contributed by atoms with E-state index in [2.05, 4.69) is 10.3 Å². The van der Waals surface area contributed by atoms with Crippen LogP contribution in [0.5, 0.6) is 11.5 Å². The number of benzene rings is 2. The predicted octanol–water partition coefficient (Wildman–Crippen LogP) is 3.91. The van der Waals surface area contributed by atoms with Gasteiger partial charge in [-0.15, -0.1) is 0 Å². The highest BCUT2D eigenvalue weighted by Crippen LogP contribution is 2.28. The van der Waals surface area contributed by atoms with E-state index in [4.69, 9.17) is 25.5 Å². The van der Waals surface area contributed by atoms with Gasteiger partial charge in [-0.3, -0.25) is 4.79 Å². The minimum absolute atomic E-state index is 0.120. The lowest BCUT2D eigenvalue weighted by molar-refractivity contribution is -0.118. The van der Waals surface area contributed by atoms with Crippen molar-refractivity contribution in [3.8, 4) is 11.5 Å². The number of halogens is 1. The molecule has 0 saturated carbocycles. The van der Waals surface area contributed by atoms with E-state index < -0.39 is 0 Å². The van der Waals surface area contributed by atoms with Gasteiger partial charge in [0, 0.05) is 17.6 Å². The third kappa shape index (κ3) is 4.42. The number of ether oxygens (including phenoxy) is 2. The van der Waals surface area contributed by atoms with Crippen LogP contribution in [0.15, 0.2) is 46.0 Å². The molecule has 0 atom stereocenters. The fourth-order valence-electron chi connectivity index (χ4n) is 2.31. The molecule has 0 aliphatic rings. The Morgan fingerprint density at radius 2 is 2.00 bits per heavy atom. The van der Waals surface area contributed by atoms with Crippen LogP contribution in [0.3, 0.4) is 0 Å². The number of amides is 1. The first-order chi connectivity index (χ1) is 12.6. The van der Waals surface area contributed by atoms with Crippen molar-refractivity contribution < 1.29 is 18.7 Å². The summed E-state index contributed by atoms with van der Waals surface area (Å²) < 4.78 is 16.0. The number of nitrogens with one attached hydrogen (secondary N) is 1. The number of hydrogen-bond donors (Lipinski definition) is 1. The van der Waals surface area contributed by atoms with Gasteiger partial charge in [-0.25, -0.2) is 4.98 Å². The Kier molecular flexibility index (Phi) is 5.90. The van der Waals surface area contributed by atoms with E-state index >= 15 is 0 Å². The molecule has 136 valence electrons. The predicted molar refractivity (Wildman–Crippen MR) is 101 cm³/mol. The Hall–Kier alpha value is -2.38. The second-order valence-corrected chi connectivity index (χ2v) is 6.71. The first kappa shape index (κ1) is 18.4. The Labute approximate surface area is 159 Å². The third-order valence-corrected chi connectivity index (χ3v) is 4.66. The summed E-state index contributed by atoms with van der Waals surface area (Å²) in [6.45, 7) is 0.392. The molecule has 8 heteroatoms. The van der Waals surface area contributed by atoms with Crippen molar-refractivity contribution in [1.29, 1.82) is 0 Å². The maximum absolute atomic E-state index is 12.1. The van der Waals surface area contributed by atoms with E-state index in [1.807, 2.05) is 12.1 Å². The van der Waals surface area contributed by atoms with Crippen molar-refractivity contribution >= 4 is 40.4 Å². The summed E-state index contributed by atoms with van der Waals surface area (Å²) >= 11 is 7.15. The summed E-state index contributed by atoms with van der Waals surface area (Å²) in [5, 5.41) is 3.87. The number of carbonyl (C=O) groups is 1. The van der Waals surface area contributed by atoms with E-state index in [0.717, 1.165) is 5.56 Å². The molecule has 1 amide bonds. The number of thioether (sulfide) groups is 1. The molecule has 26 heavy (non-hydrogen) atoms. The van der Waals surface area contributed by atoms with Crippen LogP contribution in [-0.2, 0) is 11.3 Å². The number of hydrogen-bond acceptors (Lipinski definition) is 6. The van der Waals surface area contributed by atoms with Crippen LogP contribution in [0.1, 0.15) is 5.56 Å². The van der Waals surface area contributed by atoms with Gasteiger partial charge in [0.1, 0.15) is 5.52 Å². The Morgan fingerprint density at radius 1 is 1.19 bits per heavy atom. The van der Waals surface area contributed by atoms with Gasteiger partial charge in [0.2, 0.25) is 5.91 Å². The lowest BCUT2D eigenvalue weighted by Crippen LogP contribution is -2.24. The minimum Gasteiger partial charge on any atom is -0.493 e. The lowest BCUT2D eigenvalue weighted by Gasteiger charge is -2.10. The summed E-state index contributed by atoms with van der Waals surface area (Å²) in [5.74, 6) is 1.35. The van der Waals surface area contributed by atoms with Gasteiger partial charge in [0.15, 0.2) is 17.1 Å². The standard InChI is InChI=1S/C18H17ClN2O4S/c1-23-14-6-3-11(7-16(14)24-2)9-20-17(22)10-26-18-21-13-5-4-12(19)8-15(13)25-18/h3-8H,9-10H2,1-2H3,(H,20,22). The Morgan fingerprint density at radius 3 is 2.77 bits per heavy atom. The largest absolute Gasteiger partial charge is 0.493 e. The van der Waals surface area contributed by atoms with Crippen LogP contribution in [0.25, 0.3) is 11.1 Å². The monoisotopic (exact) mass is 392 g/mol. The van der Waals surface area contributed by atoms with Crippen LogP contribution < -0.4 is 14.8 Å². The number of oxazole rings is 1. The number of nitrogens with zero attached hydrogens (tertiary/aromatic N) is 1. The van der Waals surface area contributed by atoms with Gasteiger partial charge in [-0.05, 0) is 29.8 Å². The van der Waals surface area contributed by atoms with Crippen molar-refractivity contribution in [3.63, 3.8) is 0 Å². The zero-order valence-corrected chi connectivity index (χ0v) is 15.8. The molecular formula is C18H17ClN2O4S. The second kappa shape index (κ2) is 8.33. The van der Waals surface area contributed by atoms with E-state index in [1.165, 1.54) is 11.8 Å². The summed E-state index contributed by atoms with van der Waals surface area (Å²) in [6.07, 6.45) is 0. The number of fused-ring (bicyclic) bond motifs is 1. The number of methoxy groups -OCH3 is 2. The third-order valence-electron chi connectivity index (χ3n) is 3.60. The summed E-state index contributed by atoms with van der Waals surface area (Å²) in [5.41, 5.74) is 2.23. The molecule has 0 radical (unpaired) electrons. The number of carbonyl (C=O) groups excluding carboxylic acids is 1. The van der Waals surface area contributed by atoms with Gasteiger partial charge in [0.25, 0.3) is 5.22 Å². The molecule has 6 nitrogen and oxygen atoms in total. The molecule has 0 saturated heterocycles. The number of aromatic nitrogens is 1. The first-order valence-electron chi connectivity index (χ1n) is 7.75. The normalized spacial score (nSPS) is 10.7. The average molecular weight is 393 g/mol. The number of rotatable bonds is 7. The zero-order valence-electron chi connectivity index (χ0n) is 14.2. The first-order valence-corrected chi connectivity index (χ1v) is 9.12. The molecule has 1 N–H and O–H groups in total. The molecule has 0 spiro atoms. The Balaban J connectivity index is 1.53. The molecule has 0 unspecified atom stereocenters. The maximum Gasteiger partial charge on any atom is 0.257 e. The highest BCUT2D eigenvalue weighted by Gasteiger charge is 2.10. The molecular weight excluding hydrogens is 376 g/mol. The van der Waals surface area contributed by atoms with E-state index in [-0.39, 0.29) is 11.7 Å². The minimum atomic E-state index is -0.120. The zero-order chi connectivity index (χ0) is 18.5. The maximum atomic E-state index is 12.1.